The molecular formula is C39H22N4. The molecule has 0 aliphatic carbocycles. The molecule has 0 bridgehead atoms. The third kappa shape index (κ3) is 3.07. The zero-order valence-electron chi connectivity index (χ0n) is 23.0. The Balaban J connectivity index is 1.35. The maximum Gasteiger partial charge on any atom is 0.161 e. The Kier molecular flexibility index (Phi) is 4.42. The van der Waals surface area contributed by atoms with Crippen molar-refractivity contribution in [1.29, 1.82) is 0 Å². The number of benzene rings is 6. The first kappa shape index (κ1) is 22.8. The molecule has 0 saturated heterocycles. The molecule has 43 heavy (non-hydrogen) atoms. The van der Waals surface area contributed by atoms with E-state index in [1.807, 2.05) is 18.3 Å². The summed E-state index contributed by atoms with van der Waals surface area (Å²) in [5, 5.41) is 9.82. The van der Waals surface area contributed by atoms with Crippen molar-refractivity contribution in [2.75, 3.05) is 0 Å². The number of fused-ring (bicyclic) bond motifs is 8. The molecule has 0 aliphatic heterocycles. The van der Waals surface area contributed by atoms with Crippen LogP contribution in [0, 0.1) is 0 Å². The van der Waals surface area contributed by atoms with Crippen molar-refractivity contribution in [2.24, 2.45) is 0 Å². The molecule has 0 aliphatic rings. The molecule has 10 rings (SSSR count). The Morgan fingerprint density at radius 3 is 2.28 bits per heavy atom. The summed E-state index contributed by atoms with van der Waals surface area (Å²) in [5.74, 6) is 0.703. The number of nitrogens with zero attached hydrogens (tertiary/aromatic N) is 4. The highest BCUT2D eigenvalue weighted by molar-refractivity contribution is 6.30. The van der Waals surface area contributed by atoms with Gasteiger partial charge in [-0.3, -0.25) is 4.98 Å². The minimum Gasteiger partial charge on any atom is -0.308 e. The van der Waals surface area contributed by atoms with E-state index < -0.39 is 0 Å². The summed E-state index contributed by atoms with van der Waals surface area (Å²) in [6.45, 7) is 0. The lowest BCUT2D eigenvalue weighted by molar-refractivity contribution is 1.21. The van der Waals surface area contributed by atoms with Gasteiger partial charge < -0.3 is 4.40 Å². The molecule has 4 aromatic heterocycles. The van der Waals surface area contributed by atoms with Crippen LogP contribution in [-0.4, -0.2) is 19.4 Å². The lowest BCUT2D eigenvalue weighted by Crippen LogP contribution is -1.97. The van der Waals surface area contributed by atoms with Crippen molar-refractivity contribution in [2.45, 2.75) is 0 Å². The van der Waals surface area contributed by atoms with Crippen molar-refractivity contribution in [3.05, 3.63) is 134 Å². The Morgan fingerprint density at radius 1 is 0.512 bits per heavy atom. The van der Waals surface area contributed by atoms with Crippen LogP contribution in [0.4, 0.5) is 0 Å². The summed E-state index contributed by atoms with van der Waals surface area (Å²) in [6.07, 6.45) is 1.82. The van der Waals surface area contributed by atoms with E-state index in [0.29, 0.717) is 5.82 Å². The molecule has 0 saturated carbocycles. The first-order valence-corrected chi connectivity index (χ1v) is 14.5. The van der Waals surface area contributed by atoms with Crippen LogP contribution < -0.4 is 0 Å². The van der Waals surface area contributed by atoms with Crippen molar-refractivity contribution in [1.82, 2.24) is 19.4 Å². The van der Waals surface area contributed by atoms with Gasteiger partial charge in [0.2, 0.25) is 0 Å². The zero-order chi connectivity index (χ0) is 28.1. The van der Waals surface area contributed by atoms with Crippen LogP contribution in [0.3, 0.4) is 0 Å². The molecule has 4 heteroatoms. The molecular weight excluding hydrogens is 524 g/mol. The monoisotopic (exact) mass is 546 g/mol. The van der Waals surface area contributed by atoms with E-state index in [4.69, 9.17) is 15.0 Å². The highest BCUT2D eigenvalue weighted by Gasteiger charge is 2.22. The zero-order valence-corrected chi connectivity index (χ0v) is 23.0. The lowest BCUT2D eigenvalue weighted by Gasteiger charge is -2.12. The van der Waals surface area contributed by atoms with Gasteiger partial charge in [-0.25, -0.2) is 9.97 Å². The normalized spacial score (nSPS) is 12.2. The van der Waals surface area contributed by atoms with Gasteiger partial charge in [0.15, 0.2) is 5.82 Å². The summed E-state index contributed by atoms with van der Waals surface area (Å²) >= 11 is 0. The van der Waals surface area contributed by atoms with Gasteiger partial charge in [-0.05, 0) is 51.9 Å². The molecule has 0 unspecified atom stereocenters. The fourth-order valence-electron chi connectivity index (χ4n) is 7.11. The average molecular weight is 547 g/mol. The minimum absolute atomic E-state index is 0.703. The maximum absolute atomic E-state index is 5.28. The second kappa shape index (κ2) is 8.34. The van der Waals surface area contributed by atoms with E-state index in [1.54, 1.807) is 0 Å². The maximum atomic E-state index is 5.28. The van der Waals surface area contributed by atoms with E-state index in [0.717, 1.165) is 33.4 Å². The summed E-state index contributed by atoms with van der Waals surface area (Å²) in [4.78, 5) is 15.1. The smallest absolute Gasteiger partial charge is 0.161 e. The van der Waals surface area contributed by atoms with Gasteiger partial charge >= 0.3 is 0 Å². The van der Waals surface area contributed by atoms with Crippen LogP contribution in [0.15, 0.2) is 134 Å². The summed E-state index contributed by atoms with van der Waals surface area (Å²) in [5.41, 5.74) is 8.13. The molecule has 10 aromatic rings. The molecule has 4 heterocycles. The van der Waals surface area contributed by atoms with Crippen LogP contribution in [0.1, 0.15) is 0 Å². The number of hydrogen-bond donors (Lipinski definition) is 0. The Morgan fingerprint density at radius 2 is 1.30 bits per heavy atom. The number of hydrogen-bond acceptors (Lipinski definition) is 3. The Labute approximate surface area is 245 Å². The first-order chi connectivity index (χ1) is 21.3. The first-order valence-electron chi connectivity index (χ1n) is 14.5. The Hall–Kier alpha value is -5.87. The van der Waals surface area contributed by atoms with Crippen LogP contribution in [-0.2, 0) is 0 Å². The molecule has 0 atom stereocenters. The van der Waals surface area contributed by atoms with Crippen molar-refractivity contribution in [3.8, 4) is 22.6 Å². The van der Waals surface area contributed by atoms with E-state index >= 15 is 0 Å². The molecule has 0 fully saturated rings. The number of rotatable bonds is 2. The van der Waals surface area contributed by atoms with Crippen LogP contribution in [0.2, 0.25) is 0 Å². The van der Waals surface area contributed by atoms with E-state index in [1.165, 1.54) is 54.1 Å². The molecule has 198 valence electrons. The van der Waals surface area contributed by atoms with E-state index in [2.05, 4.69) is 120 Å². The Bertz CT molecular complexity index is 2720. The molecule has 6 aromatic carbocycles. The second-order valence-electron chi connectivity index (χ2n) is 11.2. The second-order valence-corrected chi connectivity index (χ2v) is 11.2. The predicted molar refractivity (Wildman–Crippen MR) is 178 cm³/mol. The van der Waals surface area contributed by atoms with E-state index in [9.17, 15) is 0 Å². The highest BCUT2D eigenvalue weighted by Crippen LogP contribution is 2.44. The van der Waals surface area contributed by atoms with E-state index in [-0.39, 0.29) is 0 Å². The third-order valence-electron chi connectivity index (χ3n) is 8.95. The summed E-state index contributed by atoms with van der Waals surface area (Å²) in [7, 11) is 0. The van der Waals surface area contributed by atoms with Crippen LogP contribution in [0.25, 0.3) is 93.3 Å². The highest BCUT2D eigenvalue weighted by atomic mass is 14.9. The van der Waals surface area contributed by atoms with Gasteiger partial charge in [0.05, 0.1) is 22.1 Å². The quantitative estimate of drug-likeness (QED) is 0.160. The van der Waals surface area contributed by atoms with Crippen LogP contribution >= 0.6 is 0 Å². The van der Waals surface area contributed by atoms with Gasteiger partial charge in [-0.15, -0.1) is 0 Å². The van der Waals surface area contributed by atoms with Gasteiger partial charge in [-0.2, -0.15) is 0 Å². The molecule has 0 spiro atoms. The molecule has 0 radical (unpaired) electrons. The topological polar surface area (TPSA) is 43.1 Å². The van der Waals surface area contributed by atoms with Crippen LogP contribution in [0.5, 0.6) is 0 Å². The molecule has 4 nitrogen and oxygen atoms in total. The number of aromatic nitrogens is 4. The fraction of sp³-hybridized carbons (Fsp3) is 0. The average Bonchev–Trinajstić information content (AvgIpc) is 3.43. The SMILES string of the molecule is c1ccc2cc(-c3nc(-c4cccc5c4c4ccc6cccc7c8ccccc8n5c4c67)nc4cccnc34)ccc2c1. The largest absolute Gasteiger partial charge is 0.308 e. The fourth-order valence-corrected chi connectivity index (χ4v) is 7.11. The lowest BCUT2D eigenvalue weighted by atomic mass is 9.98. The molecule has 0 amide bonds. The van der Waals surface area contributed by atoms with Gasteiger partial charge in [0.1, 0.15) is 11.2 Å². The summed E-state index contributed by atoms with van der Waals surface area (Å²) < 4.78 is 2.44. The van der Waals surface area contributed by atoms with Gasteiger partial charge in [0, 0.05) is 38.9 Å². The third-order valence-corrected chi connectivity index (χ3v) is 8.95. The van der Waals surface area contributed by atoms with Crippen molar-refractivity contribution >= 4 is 70.7 Å². The van der Waals surface area contributed by atoms with Crippen molar-refractivity contribution in [3.63, 3.8) is 0 Å². The number of pyridine rings is 2. The molecule has 0 N–H and O–H groups in total. The minimum atomic E-state index is 0.703. The van der Waals surface area contributed by atoms with Crippen molar-refractivity contribution < 1.29 is 0 Å². The summed E-state index contributed by atoms with van der Waals surface area (Å²) in [6, 6.07) is 45.3. The predicted octanol–water partition coefficient (Wildman–Crippen LogP) is 9.82. The van der Waals surface area contributed by atoms with Gasteiger partial charge in [0.25, 0.3) is 0 Å². The standard InChI is InChI=1S/C39H22N4/c1-2-9-25-22-26(18-17-23(25)8-1)36-37-31(14-7-21-40-37)41-39(42-36)30-13-6-16-33-35(30)29-20-19-24-10-5-12-28-27-11-3-4-15-32(27)43(33)38(29)34(24)28/h1-22H. The van der Waals surface area contributed by atoms with Gasteiger partial charge in [-0.1, -0.05) is 97.1 Å². The number of para-hydroxylation sites is 1.